The first-order valence-corrected chi connectivity index (χ1v) is 9.33. The molecule has 0 aromatic rings. The van der Waals surface area contributed by atoms with Gasteiger partial charge in [0, 0.05) is 11.3 Å². The zero-order valence-corrected chi connectivity index (χ0v) is 14.7. The molecule has 0 saturated heterocycles. The first-order valence-electron chi connectivity index (χ1n) is 9.33. The van der Waals surface area contributed by atoms with Crippen molar-refractivity contribution in [1.29, 1.82) is 0 Å². The minimum atomic E-state index is -0.358. The Balaban J connectivity index is 1.74. The van der Waals surface area contributed by atoms with E-state index in [2.05, 4.69) is 19.9 Å². The van der Waals surface area contributed by atoms with Crippen LogP contribution in [0, 0.1) is 28.6 Å². The highest BCUT2D eigenvalue weighted by Gasteiger charge is 2.60. The van der Waals surface area contributed by atoms with E-state index in [4.69, 9.17) is 0 Å². The van der Waals surface area contributed by atoms with Crippen molar-refractivity contribution in [3.8, 4) is 0 Å². The third-order valence-corrected chi connectivity index (χ3v) is 7.68. The lowest BCUT2D eigenvalue weighted by Crippen LogP contribution is -2.55. The molecule has 4 rings (SSSR count). The molecule has 0 radical (unpaired) electrons. The van der Waals surface area contributed by atoms with Crippen LogP contribution in [-0.2, 0) is 4.79 Å². The Morgan fingerprint density at radius 2 is 2.08 bits per heavy atom. The van der Waals surface area contributed by atoms with Gasteiger partial charge in [-0.15, -0.1) is 0 Å². The molecule has 0 aromatic heterocycles. The highest BCUT2D eigenvalue weighted by atomic mass is 16.3. The summed E-state index contributed by atoms with van der Waals surface area (Å²) in [6.07, 6.45) is 12.2. The maximum absolute atomic E-state index is 11.8. The van der Waals surface area contributed by atoms with Crippen molar-refractivity contribution in [1.82, 2.24) is 0 Å². The van der Waals surface area contributed by atoms with E-state index in [-0.39, 0.29) is 35.2 Å². The molecule has 4 aliphatic carbocycles. The predicted molar refractivity (Wildman–Crippen MR) is 93.2 cm³/mol. The molecular weight excluding hydrogens is 300 g/mol. The Hall–Kier alpha value is -1.19. The van der Waals surface area contributed by atoms with E-state index in [1.54, 1.807) is 6.08 Å². The van der Waals surface area contributed by atoms with Crippen molar-refractivity contribution >= 4 is 5.78 Å². The van der Waals surface area contributed by atoms with Crippen LogP contribution in [0.2, 0.25) is 0 Å². The number of aliphatic hydroxyl groups excluding tert-OH is 2. The number of hydrogen-bond acceptors (Lipinski definition) is 3. The predicted octanol–water partition coefficient (Wildman–Crippen LogP) is 3.18. The zero-order chi connectivity index (χ0) is 17.1. The SMILES string of the molecule is CC12C=CC(=O)C=C1CCC1C2C(O)CC2(C)/C(=C\CO)CCC12. The van der Waals surface area contributed by atoms with Crippen LogP contribution in [-0.4, -0.2) is 28.7 Å². The summed E-state index contributed by atoms with van der Waals surface area (Å²) in [6, 6.07) is 0. The lowest BCUT2D eigenvalue weighted by Gasteiger charge is -2.58. The van der Waals surface area contributed by atoms with Gasteiger partial charge in [0.1, 0.15) is 0 Å². The molecule has 0 bridgehead atoms. The number of hydrogen-bond donors (Lipinski definition) is 2. The fourth-order valence-electron chi connectivity index (χ4n) is 6.62. The monoisotopic (exact) mass is 328 g/mol. The second-order valence-corrected chi connectivity index (χ2v) is 8.66. The maximum atomic E-state index is 11.8. The molecule has 6 atom stereocenters. The van der Waals surface area contributed by atoms with Crippen molar-refractivity contribution in [2.45, 2.75) is 52.1 Å². The lowest BCUT2D eigenvalue weighted by molar-refractivity contribution is -0.112. The van der Waals surface area contributed by atoms with Gasteiger partial charge in [-0.25, -0.2) is 0 Å². The molecule has 4 aliphatic rings. The number of fused-ring (bicyclic) bond motifs is 5. The summed E-state index contributed by atoms with van der Waals surface area (Å²) in [6.45, 7) is 4.60. The van der Waals surface area contributed by atoms with Crippen LogP contribution in [0.15, 0.2) is 35.5 Å². The second-order valence-electron chi connectivity index (χ2n) is 8.66. The third kappa shape index (κ3) is 2.07. The quantitative estimate of drug-likeness (QED) is 0.727. The number of ketones is 1. The molecule has 0 aromatic carbocycles. The van der Waals surface area contributed by atoms with E-state index >= 15 is 0 Å². The minimum absolute atomic E-state index is 0.0229. The largest absolute Gasteiger partial charge is 0.393 e. The summed E-state index contributed by atoms with van der Waals surface area (Å²) >= 11 is 0. The first kappa shape index (κ1) is 16.3. The minimum Gasteiger partial charge on any atom is -0.393 e. The van der Waals surface area contributed by atoms with Gasteiger partial charge < -0.3 is 10.2 Å². The molecule has 130 valence electrons. The molecule has 0 spiro atoms. The van der Waals surface area contributed by atoms with Crippen LogP contribution in [0.1, 0.15) is 46.0 Å². The van der Waals surface area contributed by atoms with Crippen molar-refractivity contribution in [3.05, 3.63) is 35.5 Å². The topological polar surface area (TPSA) is 57.5 Å². The summed E-state index contributed by atoms with van der Waals surface area (Å²) < 4.78 is 0. The fraction of sp³-hybridized carbons (Fsp3) is 0.667. The molecule has 0 amide bonds. The summed E-state index contributed by atoms with van der Waals surface area (Å²) in [5.74, 6) is 1.36. The van der Waals surface area contributed by atoms with Gasteiger partial charge >= 0.3 is 0 Å². The average Bonchev–Trinajstić information content (AvgIpc) is 2.84. The zero-order valence-electron chi connectivity index (χ0n) is 14.7. The Bertz CT molecular complexity index is 658. The van der Waals surface area contributed by atoms with E-state index in [9.17, 15) is 15.0 Å². The fourth-order valence-corrected chi connectivity index (χ4v) is 6.62. The number of carbonyl (C=O) groups is 1. The van der Waals surface area contributed by atoms with Gasteiger partial charge in [0.05, 0.1) is 12.7 Å². The van der Waals surface area contributed by atoms with E-state index in [0.29, 0.717) is 11.8 Å². The second kappa shape index (κ2) is 5.40. The molecule has 3 fully saturated rings. The van der Waals surface area contributed by atoms with E-state index < -0.39 is 0 Å². The molecule has 2 N–H and O–H groups in total. The van der Waals surface area contributed by atoms with Crippen LogP contribution in [0.5, 0.6) is 0 Å². The molecule has 6 unspecified atom stereocenters. The Morgan fingerprint density at radius 3 is 2.83 bits per heavy atom. The van der Waals surface area contributed by atoms with Gasteiger partial charge in [-0.05, 0) is 61.5 Å². The summed E-state index contributed by atoms with van der Waals surface area (Å²) in [4.78, 5) is 11.8. The van der Waals surface area contributed by atoms with Crippen LogP contribution < -0.4 is 0 Å². The Morgan fingerprint density at radius 1 is 1.29 bits per heavy atom. The standard InChI is InChI=1S/C21H28O3/c1-20-9-7-15(23)11-14(20)3-5-16-17-6-4-13(8-10-22)21(17,2)12-18(24)19(16)20/h7-9,11,16-19,22,24H,3-6,10,12H2,1-2H3/b13-8-. The van der Waals surface area contributed by atoms with Crippen molar-refractivity contribution in [3.63, 3.8) is 0 Å². The molecule has 24 heavy (non-hydrogen) atoms. The third-order valence-electron chi connectivity index (χ3n) is 7.68. The molecule has 0 heterocycles. The summed E-state index contributed by atoms with van der Waals surface area (Å²) in [5.41, 5.74) is 2.40. The van der Waals surface area contributed by atoms with Crippen LogP contribution >= 0.6 is 0 Å². The Kier molecular flexibility index (Phi) is 3.67. The number of rotatable bonds is 1. The number of carbonyl (C=O) groups excluding carboxylic acids is 1. The summed E-state index contributed by atoms with van der Waals surface area (Å²) in [5, 5.41) is 20.5. The number of allylic oxidation sites excluding steroid dienone is 5. The van der Waals surface area contributed by atoms with Crippen LogP contribution in [0.3, 0.4) is 0 Å². The lowest BCUT2D eigenvalue weighted by atomic mass is 9.47. The maximum Gasteiger partial charge on any atom is 0.178 e. The van der Waals surface area contributed by atoms with E-state index in [0.717, 1.165) is 32.1 Å². The van der Waals surface area contributed by atoms with E-state index in [1.807, 2.05) is 12.2 Å². The van der Waals surface area contributed by atoms with Crippen molar-refractivity contribution in [2.24, 2.45) is 28.6 Å². The average molecular weight is 328 g/mol. The van der Waals surface area contributed by atoms with Gasteiger partial charge in [-0.3, -0.25) is 4.79 Å². The Labute approximate surface area is 144 Å². The normalized spacial score (nSPS) is 48.8. The molecule has 3 saturated carbocycles. The van der Waals surface area contributed by atoms with Crippen LogP contribution in [0.25, 0.3) is 0 Å². The van der Waals surface area contributed by atoms with Gasteiger partial charge in [0.15, 0.2) is 5.78 Å². The first-order chi connectivity index (χ1) is 11.4. The summed E-state index contributed by atoms with van der Waals surface area (Å²) in [7, 11) is 0. The smallest absolute Gasteiger partial charge is 0.178 e. The molecule has 3 heteroatoms. The van der Waals surface area contributed by atoms with Crippen molar-refractivity contribution in [2.75, 3.05) is 6.61 Å². The molecular formula is C21H28O3. The van der Waals surface area contributed by atoms with Gasteiger partial charge in [0.25, 0.3) is 0 Å². The molecule has 3 nitrogen and oxygen atoms in total. The van der Waals surface area contributed by atoms with E-state index in [1.165, 1.54) is 11.1 Å². The number of aliphatic hydroxyl groups is 2. The molecule has 0 aliphatic heterocycles. The van der Waals surface area contributed by atoms with Gasteiger partial charge in [-0.1, -0.05) is 37.1 Å². The highest BCUT2D eigenvalue weighted by Crippen LogP contribution is 2.65. The highest BCUT2D eigenvalue weighted by molar-refractivity contribution is 6.01. The van der Waals surface area contributed by atoms with Crippen LogP contribution in [0.4, 0.5) is 0 Å². The van der Waals surface area contributed by atoms with Gasteiger partial charge in [-0.2, -0.15) is 0 Å². The van der Waals surface area contributed by atoms with Gasteiger partial charge in [0.2, 0.25) is 0 Å². The van der Waals surface area contributed by atoms with Crippen molar-refractivity contribution < 1.29 is 15.0 Å².